The van der Waals surface area contributed by atoms with Crippen molar-refractivity contribution in [2.75, 3.05) is 26.2 Å². The summed E-state index contributed by atoms with van der Waals surface area (Å²) >= 11 is 1.40. The van der Waals surface area contributed by atoms with Gasteiger partial charge in [0.1, 0.15) is 6.04 Å². The number of nitrogens with zero attached hydrogens (tertiary/aromatic N) is 1. The van der Waals surface area contributed by atoms with Gasteiger partial charge in [-0.3, -0.25) is 14.5 Å². The van der Waals surface area contributed by atoms with Gasteiger partial charge in [-0.15, -0.1) is 11.3 Å². The number of fused-ring (bicyclic) bond motifs is 1. The van der Waals surface area contributed by atoms with Crippen molar-refractivity contribution in [3.05, 3.63) is 81.4 Å². The molecule has 8 nitrogen and oxygen atoms in total. The van der Waals surface area contributed by atoms with Gasteiger partial charge in [-0.05, 0) is 48.2 Å². The third-order valence-electron chi connectivity index (χ3n) is 6.20. The van der Waals surface area contributed by atoms with Gasteiger partial charge in [-0.1, -0.05) is 12.1 Å². The Hall–Kier alpha value is -4.24. The zero-order chi connectivity index (χ0) is 25.6. The number of ether oxygens (including phenoxy) is 3. The van der Waals surface area contributed by atoms with E-state index in [1.807, 2.05) is 18.4 Å². The van der Waals surface area contributed by atoms with E-state index < -0.39 is 23.5 Å². The number of Topliss-reactive ketones (excluding diaryl/α,β-unsaturated/α-hetero) is 1. The molecule has 1 atom stereocenters. The largest absolute Gasteiger partial charge is 0.503 e. The number of furan rings is 1. The number of ketones is 1. The smallest absolute Gasteiger partial charge is 0.294 e. The van der Waals surface area contributed by atoms with Crippen molar-refractivity contribution in [2.24, 2.45) is 0 Å². The number of carbonyl (C=O) groups is 2. The number of carbonyl (C=O) groups excluding carboxylic acids is 2. The standard InChI is InChI=1S/C27H23NO7S/c1-14-10-11-36-26(14)22-21(23(29)20-12-15-6-5-7-18(33-3)25(15)35-20)24(30)27(31)28(22)16-8-9-17(32-2)19(13-16)34-4/h5-13,22,30H,1-4H3. The zero-order valence-electron chi connectivity index (χ0n) is 20.0. The molecule has 0 aliphatic carbocycles. The first-order valence-corrected chi connectivity index (χ1v) is 11.9. The maximum absolute atomic E-state index is 13.8. The average Bonchev–Trinajstić information content (AvgIpc) is 3.59. The molecule has 2 aromatic carbocycles. The summed E-state index contributed by atoms with van der Waals surface area (Å²) < 4.78 is 22.0. The molecule has 3 heterocycles. The molecule has 1 N–H and O–H groups in total. The van der Waals surface area contributed by atoms with Gasteiger partial charge >= 0.3 is 0 Å². The van der Waals surface area contributed by atoms with Gasteiger partial charge in [-0.2, -0.15) is 0 Å². The Morgan fingerprint density at radius 3 is 2.42 bits per heavy atom. The van der Waals surface area contributed by atoms with Crippen molar-refractivity contribution in [3.8, 4) is 17.2 Å². The molecule has 2 aromatic heterocycles. The number of hydrogen-bond donors (Lipinski definition) is 1. The second kappa shape index (κ2) is 9.09. The highest BCUT2D eigenvalue weighted by molar-refractivity contribution is 7.10. The topological polar surface area (TPSA) is 98.4 Å². The highest BCUT2D eigenvalue weighted by Crippen LogP contribution is 2.46. The molecular weight excluding hydrogens is 482 g/mol. The summed E-state index contributed by atoms with van der Waals surface area (Å²) in [5.41, 5.74) is 1.68. The van der Waals surface area contributed by atoms with Crippen LogP contribution >= 0.6 is 11.3 Å². The Labute approximate surface area is 210 Å². The normalized spacial score (nSPS) is 15.6. The van der Waals surface area contributed by atoms with E-state index in [-0.39, 0.29) is 11.3 Å². The lowest BCUT2D eigenvalue weighted by atomic mass is 9.98. The highest BCUT2D eigenvalue weighted by Gasteiger charge is 2.46. The van der Waals surface area contributed by atoms with Crippen LogP contribution in [0, 0.1) is 6.92 Å². The van der Waals surface area contributed by atoms with Gasteiger partial charge in [-0.25, -0.2) is 0 Å². The first-order valence-electron chi connectivity index (χ1n) is 11.0. The van der Waals surface area contributed by atoms with Crippen LogP contribution in [-0.4, -0.2) is 38.1 Å². The molecule has 0 saturated heterocycles. The van der Waals surface area contributed by atoms with Gasteiger partial charge in [0.25, 0.3) is 5.91 Å². The fourth-order valence-electron chi connectivity index (χ4n) is 4.43. The molecule has 0 fully saturated rings. The number of aliphatic hydroxyl groups is 1. The van der Waals surface area contributed by atoms with E-state index in [4.69, 9.17) is 18.6 Å². The van der Waals surface area contributed by atoms with Gasteiger partial charge in [0.05, 0.1) is 26.9 Å². The molecular formula is C27H23NO7S. The first kappa shape index (κ1) is 23.5. The Kier molecular flexibility index (Phi) is 5.93. The maximum atomic E-state index is 13.8. The van der Waals surface area contributed by atoms with Crippen molar-refractivity contribution >= 4 is 39.7 Å². The van der Waals surface area contributed by atoms with E-state index in [0.29, 0.717) is 33.9 Å². The summed E-state index contributed by atoms with van der Waals surface area (Å²) in [6, 6.07) is 12.9. The zero-order valence-corrected chi connectivity index (χ0v) is 20.8. The van der Waals surface area contributed by atoms with Crippen LogP contribution < -0.4 is 19.1 Å². The monoisotopic (exact) mass is 505 g/mol. The van der Waals surface area contributed by atoms with Crippen LogP contribution in [-0.2, 0) is 4.79 Å². The summed E-state index contributed by atoms with van der Waals surface area (Å²) in [7, 11) is 4.52. The minimum absolute atomic E-state index is 0.00257. The quantitative estimate of drug-likeness (QED) is 0.326. The molecule has 0 spiro atoms. The van der Waals surface area contributed by atoms with Crippen LogP contribution in [0.2, 0.25) is 0 Å². The van der Waals surface area contributed by atoms with Crippen molar-refractivity contribution in [1.29, 1.82) is 0 Å². The Morgan fingerprint density at radius 1 is 1.00 bits per heavy atom. The number of para-hydroxylation sites is 1. The van der Waals surface area contributed by atoms with Crippen LogP contribution in [0.15, 0.2) is 69.7 Å². The third kappa shape index (κ3) is 3.59. The summed E-state index contributed by atoms with van der Waals surface area (Å²) in [6.07, 6.45) is 0. The molecule has 36 heavy (non-hydrogen) atoms. The number of aliphatic hydroxyl groups excluding tert-OH is 1. The molecule has 184 valence electrons. The fourth-order valence-corrected chi connectivity index (χ4v) is 5.46. The van der Waals surface area contributed by atoms with E-state index in [0.717, 1.165) is 10.4 Å². The van der Waals surface area contributed by atoms with Gasteiger partial charge in [0.2, 0.25) is 5.78 Å². The van der Waals surface area contributed by atoms with Gasteiger partial charge in [0, 0.05) is 22.0 Å². The van der Waals surface area contributed by atoms with Crippen LogP contribution in [0.25, 0.3) is 11.0 Å². The predicted molar refractivity (Wildman–Crippen MR) is 136 cm³/mol. The van der Waals surface area contributed by atoms with Crippen molar-refractivity contribution in [3.63, 3.8) is 0 Å². The number of aryl methyl sites for hydroxylation is 1. The molecule has 1 aliphatic heterocycles. The third-order valence-corrected chi connectivity index (χ3v) is 7.27. The minimum Gasteiger partial charge on any atom is -0.503 e. The van der Waals surface area contributed by atoms with Crippen molar-refractivity contribution in [1.82, 2.24) is 0 Å². The molecule has 1 aliphatic rings. The second-order valence-electron chi connectivity index (χ2n) is 8.17. The average molecular weight is 506 g/mol. The van der Waals surface area contributed by atoms with E-state index in [1.54, 1.807) is 42.5 Å². The minimum atomic E-state index is -0.863. The number of thiophene rings is 1. The lowest BCUT2D eigenvalue weighted by Gasteiger charge is -2.27. The predicted octanol–water partition coefficient (Wildman–Crippen LogP) is 5.61. The SMILES string of the molecule is COc1ccc(N2C(=O)C(O)=C(C(=O)c3cc4cccc(OC)c4o3)C2c2sccc2C)cc1OC. The number of amides is 1. The van der Waals surface area contributed by atoms with E-state index in [2.05, 4.69) is 0 Å². The van der Waals surface area contributed by atoms with Crippen LogP contribution in [0.3, 0.4) is 0 Å². The Bertz CT molecular complexity index is 1530. The van der Waals surface area contributed by atoms with E-state index >= 15 is 0 Å². The van der Waals surface area contributed by atoms with E-state index in [1.165, 1.54) is 37.6 Å². The van der Waals surface area contributed by atoms with Gasteiger partial charge < -0.3 is 23.7 Å². The molecule has 0 radical (unpaired) electrons. The van der Waals surface area contributed by atoms with Crippen molar-refractivity contribution < 1.29 is 33.3 Å². The van der Waals surface area contributed by atoms with Crippen LogP contribution in [0.5, 0.6) is 17.2 Å². The van der Waals surface area contributed by atoms with Crippen LogP contribution in [0.4, 0.5) is 5.69 Å². The van der Waals surface area contributed by atoms with E-state index in [9.17, 15) is 14.7 Å². The Morgan fingerprint density at radius 2 is 1.75 bits per heavy atom. The lowest BCUT2D eigenvalue weighted by molar-refractivity contribution is -0.117. The molecule has 0 saturated carbocycles. The number of hydrogen-bond acceptors (Lipinski definition) is 8. The number of rotatable bonds is 7. The molecule has 1 unspecified atom stereocenters. The Balaban J connectivity index is 1.66. The molecule has 9 heteroatoms. The maximum Gasteiger partial charge on any atom is 0.294 e. The van der Waals surface area contributed by atoms with Crippen molar-refractivity contribution in [2.45, 2.75) is 13.0 Å². The second-order valence-corrected chi connectivity index (χ2v) is 9.11. The van der Waals surface area contributed by atoms with Gasteiger partial charge in [0.15, 0.2) is 34.4 Å². The summed E-state index contributed by atoms with van der Waals surface area (Å²) in [4.78, 5) is 29.4. The number of anilines is 1. The fraction of sp³-hybridized carbons (Fsp3) is 0.185. The number of methoxy groups -OCH3 is 3. The molecule has 0 bridgehead atoms. The molecule has 4 aromatic rings. The summed E-state index contributed by atoms with van der Waals surface area (Å²) in [6.45, 7) is 1.90. The highest BCUT2D eigenvalue weighted by atomic mass is 32.1. The summed E-state index contributed by atoms with van der Waals surface area (Å²) in [5.74, 6) is -0.534. The molecule has 1 amide bonds. The lowest BCUT2D eigenvalue weighted by Crippen LogP contribution is -2.31. The van der Waals surface area contributed by atoms with Crippen LogP contribution in [0.1, 0.15) is 27.0 Å². The molecule has 5 rings (SSSR count). The summed E-state index contributed by atoms with van der Waals surface area (Å²) in [5, 5.41) is 13.6. The first-order chi connectivity index (χ1) is 17.4. The number of benzene rings is 2.